The van der Waals surface area contributed by atoms with Crippen LogP contribution in [0, 0.1) is 17.8 Å². The summed E-state index contributed by atoms with van der Waals surface area (Å²) in [6.45, 7) is 4.45. The molecule has 4 atom stereocenters. The van der Waals surface area contributed by atoms with Crippen LogP contribution in [0.1, 0.15) is 46.0 Å². The summed E-state index contributed by atoms with van der Waals surface area (Å²) in [5, 5.41) is 3.20. The quantitative estimate of drug-likeness (QED) is 0.735. The van der Waals surface area contributed by atoms with Gasteiger partial charge < -0.3 is 5.32 Å². The van der Waals surface area contributed by atoms with Crippen LogP contribution in [0.5, 0.6) is 0 Å². The van der Waals surface area contributed by atoms with Gasteiger partial charge in [0.2, 0.25) is 5.91 Å². The van der Waals surface area contributed by atoms with E-state index in [0.717, 1.165) is 12.3 Å². The lowest BCUT2D eigenvalue weighted by Crippen LogP contribution is -2.34. The Labute approximate surface area is 86.5 Å². The van der Waals surface area contributed by atoms with Crippen molar-refractivity contribution in [2.75, 3.05) is 0 Å². The first-order chi connectivity index (χ1) is 6.70. The highest BCUT2D eigenvalue weighted by molar-refractivity contribution is 5.81. The second-order valence-corrected chi connectivity index (χ2v) is 5.13. The van der Waals surface area contributed by atoms with Gasteiger partial charge in [-0.15, -0.1) is 0 Å². The maximum atomic E-state index is 11.7. The Morgan fingerprint density at radius 1 is 1.36 bits per heavy atom. The van der Waals surface area contributed by atoms with Gasteiger partial charge in [0, 0.05) is 12.0 Å². The van der Waals surface area contributed by atoms with Gasteiger partial charge in [0.05, 0.1) is 0 Å². The minimum atomic E-state index is 0.330. The molecular weight excluding hydrogens is 174 g/mol. The molecule has 2 aliphatic rings. The first-order valence-corrected chi connectivity index (χ1v) is 6.01. The van der Waals surface area contributed by atoms with Crippen LogP contribution >= 0.6 is 0 Å². The van der Waals surface area contributed by atoms with Crippen molar-refractivity contribution < 1.29 is 4.79 Å². The van der Waals surface area contributed by atoms with Crippen LogP contribution in [0.25, 0.3) is 0 Å². The number of carbonyl (C=O) groups is 1. The van der Waals surface area contributed by atoms with Gasteiger partial charge in [0.15, 0.2) is 0 Å². The summed E-state index contributed by atoms with van der Waals surface area (Å²) in [5.74, 6) is 2.18. The lowest BCUT2D eigenvalue weighted by Gasteiger charge is -2.12. The number of hydrogen-bond donors (Lipinski definition) is 1. The molecule has 0 aromatic heterocycles. The molecule has 2 saturated carbocycles. The van der Waals surface area contributed by atoms with E-state index < -0.39 is 0 Å². The van der Waals surface area contributed by atoms with E-state index in [4.69, 9.17) is 0 Å². The van der Waals surface area contributed by atoms with Crippen LogP contribution in [-0.4, -0.2) is 11.9 Å². The van der Waals surface area contributed by atoms with Crippen molar-refractivity contribution in [3.05, 3.63) is 0 Å². The molecule has 2 aliphatic carbocycles. The molecule has 0 aromatic carbocycles. The second-order valence-electron chi connectivity index (χ2n) is 5.13. The second kappa shape index (κ2) is 3.92. The molecule has 2 rings (SSSR count). The fraction of sp³-hybridized carbons (Fsp3) is 0.917. The highest BCUT2D eigenvalue weighted by Gasteiger charge is 2.42. The van der Waals surface area contributed by atoms with Crippen molar-refractivity contribution >= 4 is 5.91 Å². The molecule has 2 nitrogen and oxygen atoms in total. The summed E-state index contributed by atoms with van der Waals surface area (Å²) in [6.07, 6.45) is 5.96. The van der Waals surface area contributed by atoms with Gasteiger partial charge in [-0.2, -0.15) is 0 Å². The molecule has 14 heavy (non-hydrogen) atoms. The fourth-order valence-corrected chi connectivity index (χ4v) is 2.67. The van der Waals surface area contributed by atoms with Gasteiger partial charge in [-0.3, -0.25) is 4.79 Å². The molecule has 2 unspecified atom stereocenters. The molecule has 0 aliphatic heterocycles. The van der Waals surface area contributed by atoms with E-state index in [1.807, 2.05) is 0 Å². The van der Waals surface area contributed by atoms with Gasteiger partial charge in [0.25, 0.3) is 0 Å². The van der Waals surface area contributed by atoms with Crippen molar-refractivity contribution in [3.8, 4) is 0 Å². The van der Waals surface area contributed by atoms with E-state index in [2.05, 4.69) is 19.2 Å². The zero-order chi connectivity index (χ0) is 10.1. The van der Waals surface area contributed by atoms with Crippen molar-refractivity contribution in [2.24, 2.45) is 17.8 Å². The lowest BCUT2D eigenvalue weighted by molar-refractivity contribution is -0.123. The molecule has 0 aromatic rings. The van der Waals surface area contributed by atoms with Crippen molar-refractivity contribution in [2.45, 2.75) is 52.0 Å². The van der Waals surface area contributed by atoms with Crippen LogP contribution in [0.2, 0.25) is 0 Å². The highest BCUT2D eigenvalue weighted by Crippen LogP contribution is 2.41. The normalized spacial score (nSPS) is 41.0. The lowest BCUT2D eigenvalue weighted by atomic mass is 10.1. The van der Waals surface area contributed by atoms with Gasteiger partial charge in [-0.25, -0.2) is 0 Å². The summed E-state index contributed by atoms with van der Waals surface area (Å²) in [4.78, 5) is 11.7. The fourth-order valence-electron chi connectivity index (χ4n) is 2.67. The number of hydrogen-bond acceptors (Lipinski definition) is 1. The third-order valence-corrected chi connectivity index (χ3v) is 3.82. The van der Waals surface area contributed by atoms with Crippen molar-refractivity contribution in [3.63, 3.8) is 0 Å². The molecule has 2 heteroatoms. The summed E-state index contributed by atoms with van der Waals surface area (Å²) in [6, 6.07) is 0.482. The summed E-state index contributed by atoms with van der Waals surface area (Å²) >= 11 is 0. The number of rotatable bonds is 3. The van der Waals surface area contributed by atoms with Crippen molar-refractivity contribution in [1.82, 2.24) is 5.32 Å². The van der Waals surface area contributed by atoms with E-state index in [1.54, 1.807) is 0 Å². The Balaban J connectivity index is 1.73. The molecule has 1 amide bonds. The first kappa shape index (κ1) is 10.0. The Morgan fingerprint density at radius 3 is 2.64 bits per heavy atom. The van der Waals surface area contributed by atoms with E-state index in [9.17, 15) is 4.79 Å². The molecule has 0 saturated heterocycles. The molecule has 0 spiro atoms. The van der Waals surface area contributed by atoms with Crippen LogP contribution in [-0.2, 0) is 4.79 Å². The van der Waals surface area contributed by atoms with E-state index in [1.165, 1.54) is 25.7 Å². The minimum absolute atomic E-state index is 0.330. The SMILES string of the molecule is CC[C@@H]1C[C@H]1C(=O)NC1CCC(C)C1. The van der Waals surface area contributed by atoms with Gasteiger partial charge >= 0.3 is 0 Å². The smallest absolute Gasteiger partial charge is 0.223 e. The summed E-state index contributed by atoms with van der Waals surface area (Å²) in [7, 11) is 0. The molecule has 1 N–H and O–H groups in total. The average molecular weight is 195 g/mol. The molecule has 0 bridgehead atoms. The maximum Gasteiger partial charge on any atom is 0.223 e. The van der Waals surface area contributed by atoms with Crippen molar-refractivity contribution in [1.29, 1.82) is 0 Å². The Bertz CT molecular complexity index is 226. The van der Waals surface area contributed by atoms with E-state index in [0.29, 0.717) is 23.8 Å². The molecule has 0 heterocycles. The topological polar surface area (TPSA) is 29.1 Å². The Morgan fingerprint density at radius 2 is 2.14 bits per heavy atom. The van der Waals surface area contributed by atoms with Gasteiger partial charge in [-0.1, -0.05) is 20.3 Å². The van der Waals surface area contributed by atoms with Gasteiger partial charge in [-0.05, 0) is 37.5 Å². The molecular formula is C12H21NO. The first-order valence-electron chi connectivity index (χ1n) is 6.01. The third-order valence-electron chi connectivity index (χ3n) is 3.82. The van der Waals surface area contributed by atoms with E-state index in [-0.39, 0.29) is 0 Å². The largest absolute Gasteiger partial charge is 0.353 e. The van der Waals surface area contributed by atoms with Gasteiger partial charge in [0.1, 0.15) is 0 Å². The summed E-state index contributed by atoms with van der Waals surface area (Å²) < 4.78 is 0. The zero-order valence-electron chi connectivity index (χ0n) is 9.25. The molecule has 2 fully saturated rings. The number of amides is 1. The Hall–Kier alpha value is -0.530. The zero-order valence-corrected chi connectivity index (χ0v) is 9.25. The summed E-state index contributed by atoms with van der Waals surface area (Å²) in [5.41, 5.74) is 0. The van der Waals surface area contributed by atoms with Crippen LogP contribution in [0.15, 0.2) is 0 Å². The highest BCUT2D eigenvalue weighted by atomic mass is 16.2. The number of nitrogens with one attached hydrogen (secondary N) is 1. The number of carbonyl (C=O) groups excluding carboxylic acids is 1. The maximum absolute atomic E-state index is 11.7. The average Bonchev–Trinajstić information content (AvgIpc) is 2.85. The van der Waals surface area contributed by atoms with Crippen LogP contribution in [0.4, 0.5) is 0 Å². The predicted molar refractivity (Wildman–Crippen MR) is 56.8 cm³/mol. The monoisotopic (exact) mass is 195 g/mol. The molecule has 80 valence electrons. The third kappa shape index (κ3) is 2.10. The van der Waals surface area contributed by atoms with E-state index >= 15 is 0 Å². The Kier molecular flexibility index (Phi) is 2.80. The standard InChI is InChI=1S/C12H21NO/c1-3-9-7-11(9)12(14)13-10-5-4-8(2)6-10/h8-11H,3-7H2,1-2H3,(H,13,14)/t8?,9-,10?,11-/m1/s1. The van der Waals surface area contributed by atoms with Crippen LogP contribution in [0.3, 0.4) is 0 Å². The predicted octanol–water partition coefficient (Wildman–Crippen LogP) is 2.34. The minimum Gasteiger partial charge on any atom is -0.353 e. The molecule has 0 radical (unpaired) electrons. The van der Waals surface area contributed by atoms with Crippen LogP contribution < -0.4 is 5.32 Å².